The molecular weight excluding hydrogens is 486 g/mol. The Bertz CT molecular complexity index is 1480. The fraction of sp³-hybridized carbons (Fsp3) is 0.367. The van der Waals surface area contributed by atoms with Crippen LogP contribution in [0.5, 0.6) is 0 Å². The van der Waals surface area contributed by atoms with Crippen molar-refractivity contribution in [3.05, 3.63) is 76.3 Å². The molecule has 196 valence electrons. The van der Waals surface area contributed by atoms with Crippen LogP contribution in [0.2, 0.25) is 0 Å². The van der Waals surface area contributed by atoms with Crippen LogP contribution in [0.15, 0.2) is 48.5 Å². The van der Waals surface area contributed by atoms with Crippen molar-refractivity contribution in [2.75, 3.05) is 10.6 Å². The molecule has 3 aromatic rings. The largest absolute Gasteiger partial charge is 0.479 e. The first-order valence-electron chi connectivity index (χ1n) is 12.4. The smallest absolute Gasteiger partial charge is 0.337 e. The number of rotatable bonds is 5. The fourth-order valence-electron chi connectivity index (χ4n) is 5.48. The van der Waals surface area contributed by atoms with E-state index in [4.69, 9.17) is 4.74 Å². The van der Waals surface area contributed by atoms with E-state index < -0.39 is 33.7 Å². The number of hydrogen-bond donors (Lipinski definition) is 1. The van der Waals surface area contributed by atoms with Gasteiger partial charge in [0, 0.05) is 11.1 Å². The Balaban J connectivity index is 2.23. The van der Waals surface area contributed by atoms with Gasteiger partial charge in [-0.25, -0.2) is 13.2 Å². The summed E-state index contributed by atoms with van der Waals surface area (Å²) in [6.07, 6.45) is -0.0988. The second-order valence-electron chi connectivity index (χ2n) is 10.9. The molecule has 0 radical (unpaired) electrons. The second-order valence-corrected chi connectivity index (χ2v) is 12.8. The minimum absolute atomic E-state index is 0.457. The van der Waals surface area contributed by atoms with Crippen molar-refractivity contribution in [1.29, 1.82) is 0 Å². The molecule has 4 rings (SSSR count). The lowest BCUT2D eigenvalue weighted by Crippen LogP contribution is -2.37. The quantitative estimate of drug-likeness (QED) is 0.403. The Hall–Kier alpha value is -3.16. The predicted octanol–water partition coefficient (Wildman–Crippen LogP) is 6.73. The molecule has 6 nitrogen and oxygen atoms in total. The number of carbonyl (C=O) groups is 1. The van der Waals surface area contributed by atoms with E-state index in [2.05, 4.69) is 0 Å². The van der Waals surface area contributed by atoms with E-state index in [9.17, 15) is 18.3 Å². The van der Waals surface area contributed by atoms with Crippen molar-refractivity contribution < 1.29 is 23.1 Å². The molecule has 0 aliphatic carbocycles. The maximum absolute atomic E-state index is 13.2. The predicted molar refractivity (Wildman–Crippen MR) is 148 cm³/mol. The summed E-state index contributed by atoms with van der Waals surface area (Å²) in [7, 11) is -3.71. The van der Waals surface area contributed by atoms with E-state index in [1.54, 1.807) is 0 Å². The van der Waals surface area contributed by atoms with Crippen molar-refractivity contribution in [1.82, 2.24) is 0 Å². The second kappa shape index (κ2) is 9.30. The molecule has 7 heteroatoms. The number of sulfonamides is 1. The molecular formula is C30H35NO5S. The lowest BCUT2D eigenvalue weighted by Gasteiger charge is -2.40. The molecule has 1 heterocycles. The highest BCUT2D eigenvalue weighted by Crippen LogP contribution is 2.54. The summed E-state index contributed by atoms with van der Waals surface area (Å²) in [5.74, 6) is -1.12. The Kier molecular flexibility index (Phi) is 6.76. The van der Waals surface area contributed by atoms with E-state index >= 15 is 0 Å². The molecule has 0 spiro atoms. The summed E-state index contributed by atoms with van der Waals surface area (Å²) in [5.41, 5.74) is 7.00. The lowest BCUT2D eigenvalue weighted by atomic mass is 9.79. The number of ether oxygens (including phenoxy) is 1. The number of nitrogens with zero attached hydrogens (tertiary/aromatic N) is 1. The van der Waals surface area contributed by atoms with Crippen LogP contribution in [0.4, 0.5) is 5.69 Å². The topological polar surface area (TPSA) is 83.9 Å². The number of anilines is 1. The minimum Gasteiger partial charge on any atom is -0.479 e. The van der Waals surface area contributed by atoms with Gasteiger partial charge in [0.2, 0.25) is 10.0 Å². The summed E-state index contributed by atoms with van der Waals surface area (Å²) in [6.45, 7) is 13.1. The summed E-state index contributed by atoms with van der Waals surface area (Å²) >= 11 is 0. The zero-order valence-electron chi connectivity index (χ0n) is 22.7. The van der Waals surface area contributed by atoms with Crippen molar-refractivity contribution in [2.24, 2.45) is 0 Å². The van der Waals surface area contributed by atoms with Gasteiger partial charge in [0.15, 0.2) is 6.10 Å². The van der Waals surface area contributed by atoms with E-state index in [0.717, 1.165) is 38.9 Å². The molecule has 37 heavy (non-hydrogen) atoms. The fourth-order valence-corrected chi connectivity index (χ4v) is 6.73. The summed E-state index contributed by atoms with van der Waals surface area (Å²) in [5, 5.41) is 10.4. The van der Waals surface area contributed by atoms with Crippen LogP contribution in [-0.2, 0) is 19.6 Å². The third-order valence-corrected chi connectivity index (χ3v) is 8.14. The van der Waals surface area contributed by atoms with Gasteiger partial charge in [0.1, 0.15) is 0 Å². The van der Waals surface area contributed by atoms with Gasteiger partial charge >= 0.3 is 5.97 Å². The van der Waals surface area contributed by atoms with Gasteiger partial charge in [-0.3, -0.25) is 4.31 Å². The average molecular weight is 522 g/mol. The summed E-state index contributed by atoms with van der Waals surface area (Å²) in [6, 6.07) is 15.3. The molecule has 0 bridgehead atoms. The summed E-state index contributed by atoms with van der Waals surface area (Å²) < 4.78 is 34.1. The number of hydrogen-bond acceptors (Lipinski definition) is 4. The Morgan fingerprint density at radius 3 is 2.11 bits per heavy atom. The number of aryl methyl sites for hydroxylation is 1. The first kappa shape index (κ1) is 26.9. The van der Waals surface area contributed by atoms with Crippen molar-refractivity contribution >= 4 is 21.7 Å². The van der Waals surface area contributed by atoms with Crippen LogP contribution >= 0.6 is 0 Å². The van der Waals surface area contributed by atoms with Gasteiger partial charge < -0.3 is 9.84 Å². The first-order valence-corrected chi connectivity index (χ1v) is 14.2. The van der Waals surface area contributed by atoms with E-state index in [1.807, 2.05) is 97.0 Å². The molecule has 2 atom stereocenters. The van der Waals surface area contributed by atoms with Gasteiger partial charge in [-0.15, -0.1) is 0 Å². The zero-order valence-corrected chi connectivity index (χ0v) is 23.5. The molecule has 0 saturated heterocycles. The maximum Gasteiger partial charge on any atom is 0.337 e. The first-order chi connectivity index (χ1) is 17.1. The van der Waals surface area contributed by atoms with E-state index in [-0.39, 0.29) is 0 Å². The number of benzene rings is 3. The Labute approximate surface area is 220 Å². The molecule has 0 amide bonds. The normalized spacial score (nSPS) is 16.2. The van der Waals surface area contributed by atoms with Gasteiger partial charge in [-0.05, 0) is 81.8 Å². The molecule has 0 fully saturated rings. The molecule has 1 aliphatic heterocycles. The minimum atomic E-state index is -3.71. The number of aliphatic carboxylic acids is 1. The van der Waals surface area contributed by atoms with Crippen LogP contribution in [0.3, 0.4) is 0 Å². The van der Waals surface area contributed by atoms with Crippen LogP contribution in [0.1, 0.15) is 67.7 Å². The number of carboxylic acid groups (broad SMARTS) is 1. The van der Waals surface area contributed by atoms with E-state index in [1.165, 1.54) is 10.6 Å². The monoisotopic (exact) mass is 521 g/mol. The Morgan fingerprint density at radius 2 is 1.57 bits per heavy atom. The third-order valence-electron chi connectivity index (χ3n) is 6.92. The molecule has 0 unspecified atom stereocenters. The average Bonchev–Trinajstić information content (AvgIpc) is 2.79. The molecule has 0 saturated carbocycles. The highest BCUT2D eigenvalue weighted by molar-refractivity contribution is 7.92. The molecule has 1 aliphatic rings. The lowest BCUT2D eigenvalue weighted by molar-refractivity contribution is -0.160. The van der Waals surface area contributed by atoms with Crippen LogP contribution in [0.25, 0.3) is 22.3 Å². The van der Waals surface area contributed by atoms with Gasteiger partial charge in [0.05, 0.1) is 23.6 Å². The highest BCUT2D eigenvalue weighted by atomic mass is 32.2. The van der Waals surface area contributed by atoms with E-state index in [0.29, 0.717) is 16.8 Å². The SMILES string of the molecule is Cc1ccc(-c2c(C)c3c(c(C)c2[C@H](OC(C)(C)C)C(=O)O)N(S(C)(=O)=O)[C@@H](C)c2ccccc2-3)cc1. The van der Waals surface area contributed by atoms with Gasteiger partial charge in [-0.1, -0.05) is 54.1 Å². The Morgan fingerprint density at radius 1 is 0.973 bits per heavy atom. The van der Waals surface area contributed by atoms with Crippen molar-refractivity contribution in [3.8, 4) is 22.3 Å². The standard InChI is InChI=1S/C30H35NO5S/c1-17-13-15-21(16-14-17)24-18(2)25-23-12-10-9-11-22(23)20(4)31(37(8,34)35)27(25)19(3)26(24)28(29(32)33)36-30(5,6)7/h9-16,20,28H,1-8H3,(H,32,33)/t20-,28-/m0/s1. The number of fused-ring (bicyclic) bond motifs is 3. The number of carboxylic acids is 1. The van der Waals surface area contributed by atoms with Crippen molar-refractivity contribution in [2.45, 2.75) is 66.2 Å². The van der Waals surface area contributed by atoms with Crippen LogP contribution < -0.4 is 4.31 Å². The van der Waals surface area contributed by atoms with Gasteiger partial charge in [0.25, 0.3) is 0 Å². The molecule has 1 N–H and O–H groups in total. The van der Waals surface area contributed by atoms with Crippen LogP contribution in [0, 0.1) is 20.8 Å². The van der Waals surface area contributed by atoms with Crippen LogP contribution in [-0.4, -0.2) is 31.4 Å². The zero-order chi connectivity index (χ0) is 27.4. The van der Waals surface area contributed by atoms with Gasteiger partial charge in [-0.2, -0.15) is 0 Å². The molecule has 0 aromatic heterocycles. The maximum atomic E-state index is 13.2. The third kappa shape index (κ3) is 4.78. The van der Waals surface area contributed by atoms with Crippen molar-refractivity contribution in [3.63, 3.8) is 0 Å². The highest BCUT2D eigenvalue weighted by Gasteiger charge is 2.40. The summed E-state index contributed by atoms with van der Waals surface area (Å²) in [4.78, 5) is 12.7. The molecule has 3 aromatic carbocycles.